The van der Waals surface area contributed by atoms with Crippen molar-refractivity contribution in [2.75, 3.05) is 13.2 Å². The molecule has 2 unspecified atom stereocenters. The number of unbranched alkanes of at least 4 members (excludes halogenated alkanes) is 30. The lowest BCUT2D eigenvalue weighted by molar-refractivity contribution is -0.147. The van der Waals surface area contributed by atoms with E-state index in [9.17, 15) is 19.2 Å². The Labute approximate surface area is 350 Å². The van der Waals surface area contributed by atoms with Gasteiger partial charge in [-0.1, -0.05) is 200 Å². The van der Waals surface area contributed by atoms with Crippen LogP contribution in [-0.2, 0) is 23.9 Å². The van der Waals surface area contributed by atoms with Crippen molar-refractivity contribution in [1.29, 1.82) is 0 Å². The number of carboxylic acids is 1. The minimum absolute atomic E-state index is 0.104. The van der Waals surface area contributed by atoms with Crippen molar-refractivity contribution in [2.24, 2.45) is 0 Å². The highest BCUT2D eigenvalue weighted by atomic mass is 16.5. The monoisotopic (exact) mass is 807 g/mol. The number of carboxylic acid groups (broad SMARTS) is 1. The van der Waals surface area contributed by atoms with Gasteiger partial charge in [-0.05, 0) is 44.6 Å². The lowest BCUT2D eigenvalue weighted by Gasteiger charge is -2.15. The van der Waals surface area contributed by atoms with Gasteiger partial charge in [0.25, 0.3) is 0 Å². The molecule has 4 N–H and O–H groups in total. The van der Waals surface area contributed by atoms with Crippen molar-refractivity contribution in [1.82, 2.24) is 10.6 Å². The smallest absolute Gasteiger partial charge is 0.328 e. The van der Waals surface area contributed by atoms with E-state index in [4.69, 9.17) is 14.9 Å². The first-order valence-corrected chi connectivity index (χ1v) is 24.1. The zero-order chi connectivity index (χ0) is 41.9. The van der Waals surface area contributed by atoms with Crippen LogP contribution in [0.2, 0.25) is 0 Å². The SMILES string of the molecule is CCCCCCCCC/C=C\C(CCCCCCC(=O)NCC(=O)NC(CO)C(=O)O)OC(=O)CCCCCCCCCCCCCCCCCCCCCCC. The Balaban J connectivity index is 4.13. The van der Waals surface area contributed by atoms with Crippen molar-refractivity contribution >= 4 is 23.8 Å². The van der Waals surface area contributed by atoms with E-state index in [0.717, 1.165) is 51.4 Å². The number of aliphatic hydroxyl groups excluding tert-OH is 1. The summed E-state index contributed by atoms with van der Waals surface area (Å²) in [4.78, 5) is 47.6. The third-order valence-electron chi connectivity index (χ3n) is 11.0. The van der Waals surface area contributed by atoms with Gasteiger partial charge >= 0.3 is 11.9 Å². The van der Waals surface area contributed by atoms with E-state index >= 15 is 0 Å². The van der Waals surface area contributed by atoms with Gasteiger partial charge in [-0.25, -0.2) is 4.79 Å². The van der Waals surface area contributed by atoms with E-state index in [1.807, 2.05) is 0 Å². The van der Waals surface area contributed by atoms with Crippen LogP contribution in [0.5, 0.6) is 0 Å². The van der Waals surface area contributed by atoms with Crippen LogP contribution in [0.3, 0.4) is 0 Å². The van der Waals surface area contributed by atoms with Gasteiger partial charge in [0.1, 0.15) is 12.1 Å². The summed E-state index contributed by atoms with van der Waals surface area (Å²) in [7, 11) is 0. The molecule has 0 heterocycles. The van der Waals surface area contributed by atoms with Crippen molar-refractivity contribution in [2.45, 2.75) is 257 Å². The summed E-state index contributed by atoms with van der Waals surface area (Å²) >= 11 is 0. The molecule has 0 aliphatic heterocycles. The molecule has 0 saturated carbocycles. The molecular formula is C48H90N2O7. The molecule has 9 nitrogen and oxygen atoms in total. The number of allylic oxidation sites excluding steroid dienone is 1. The average Bonchev–Trinajstić information content (AvgIpc) is 3.20. The number of aliphatic hydroxyl groups is 1. The van der Waals surface area contributed by atoms with Crippen LogP contribution in [0.15, 0.2) is 12.2 Å². The second kappa shape index (κ2) is 43.2. The molecule has 9 heteroatoms. The maximum atomic E-state index is 12.8. The van der Waals surface area contributed by atoms with Crippen LogP contribution in [0.1, 0.15) is 245 Å². The number of rotatable bonds is 44. The van der Waals surface area contributed by atoms with Crippen molar-refractivity contribution in [3.05, 3.63) is 12.2 Å². The molecule has 0 aliphatic carbocycles. The van der Waals surface area contributed by atoms with Crippen LogP contribution < -0.4 is 10.6 Å². The number of hydrogen-bond donors (Lipinski definition) is 4. The molecule has 0 rings (SSSR count). The molecule has 0 aromatic carbocycles. The van der Waals surface area contributed by atoms with E-state index < -0.39 is 24.5 Å². The third kappa shape index (κ3) is 40.2. The summed E-state index contributed by atoms with van der Waals surface area (Å²) < 4.78 is 5.94. The number of nitrogens with one attached hydrogen (secondary N) is 2. The fourth-order valence-corrected chi connectivity index (χ4v) is 7.27. The van der Waals surface area contributed by atoms with E-state index in [0.29, 0.717) is 12.8 Å². The largest absolute Gasteiger partial charge is 0.480 e. The van der Waals surface area contributed by atoms with Gasteiger partial charge in [0, 0.05) is 12.8 Å². The van der Waals surface area contributed by atoms with Crippen molar-refractivity contribution in [3.8, 4) is 0 Å². The fraction of sp³-hybridized carbons (Fsp3) is 0.875. The third-order valence-corrected chi connectivity index (χ3v) is 11.0. The second-order valence-corrected chi connectivity index (χ2v) is 16.6. The molecule has 0 saturated heterocycles. The number of esters is 1. The summed E-state index contributed by atoms with van der Waals surface area (Å²) in [6.45, 7) is 3.47. The molecule has 2 amide bonds. The number of amides is 2. The molecule has 0 radical (unpaired) electrons. The van der Waals surface area contributed by atoms with Crippen LogP contribution in [0, 0.1) is 0 Å². The maximum absolute atomic E-state index is 12.8. The Hall–Kier alpha value is -2.42. The maximum Gasteiger partial charge on any atom is 0.328 e. The predicted octanol–water partition coefficient (Wildman–Crippen LogP) is 12.2. The molecule has 0 spiro atoms. The minimum atomic E-state index is -1.39. The van der Waals surface area contributed by atoms with Gasteiger partial charge in [0.15, 0.2) is 0 Å². The van der Waals surface area contributed by atoms with E-state index in [1.165, 1.54) is 161 Å². The van der Waals surface area contributed by atoms with Gasteiger partial charge in [-0.2, -0.15) is 0 Å². The molecule has 0 aromatic heterocycles. The standard InChI is InChI=1S/C48H90N2O7/c1-3-5-7-9-11-13-14-15-16-17-18-19-20-21-22-23-24-26-28-30-36-40-47(54)57-43(37-33-29-27-25-12-10-8-6-4-2)38-34-31-32-35-39-45(52)49-41-46(53)50-44(42-51)48(55)56/h33,37,43-44,51H,3-32,34-36,38-42H2,1-2H3,(H,49,52)(H,50,53)(H,55,56)/b37-33-. The molecule has 57 heavy (non-hydrogen) atoms. The number of carbonyl (C=O) groups excluding carboxylic acids is 3. The van der Waals surface area contributed by atoms with Crippen LogP contribution in [0.4, 0.5) is 0 Å². The van der Waals surface area contributed by atoms with Gasteiger partial charge in [-0.3, -0.25) is 14.4 Å². The van der Waals surface area contributed by atoms with Gasteiger partial charge < -0.3 is 25.6 Å². The highest BCUT2D eigenvalue weighted by molar-refractivity contribution is 5.87. The lowest BCUT2D eigenvalue weighted by atomic mass is 10.0. The lowest BCUT2D eigenvalue weighted by Crippen LogP contribution is -2.47. The Morgan fingerprint density at radius 2 is 0.930 bits per heavy atom. The summed E-state index contributed by atoms with van der Waals surface area (Å²) in [5.41, 5.74) is 0. The molecule has 0 aromatic rings. The minimum Gasteiger partial charge on any atom is -0.480 e. The van der Waals surface area contributed by atoms with Crippen molar-refractivity contribution in [3.63, 3.8) is 0 Å². The van der Waals surface area contributed by atoms with Crippen molar-refractivity contribution < 1.29 is 34.1 Å². The van der Waals surface area contributed by atoms with Crippen LogP contribution in [-0.4, -0.2) is 59.3 Å². The number of carbonyl (C=O) groups is 4. The number of ether oxygens (including phenoxy) is 1. The molecule has 0 aliphatic rings. The summed E-state index contributed by atoms with van der Waals surface area (Å²) in [6, 6.07) is -1.39. The first-order valence-electron chi connectivity index (χ1n) is 24.1. The van der Waals surface area contributed by atoms with E-state index in [1.54, 1.807) is 0 Å². The molecule has 334 valence electrons. The van der Waals surface area contributed by atoms with Gasteiger partial charge in [0.05, 0.1) is 13.2 Å². The fourth-order valence-electron chi connectivity index (χ4n) is 7.27. The van der Waals surface area contributed by atoms with Crippen LogP contribution in [0.25, 0.3) is 0 Å². The Morgan fingerprint density at radius 3 is 1.37 bits per heavy atom. The highest BCUT2D eigenvalue weighted by Crippen LogP contribution is 2.17. The Morgan fingerprint density at radius 1 is 0.526 bits per heavy atom. The summed E-state index contributed by atoms with van der Waals surface area (Å²) in [5.74, 6) is -2.38. The zero-order valence-corrected chi connectivity index (χ0v) is 37.1. The Bertz CT molecular complexity index is 972. The van der Waals surface area contributed by atoms with Crippen LogP contribution >= 0.6 is 0 Å². The Kier molecular flexibility index (Phi) is 41.3. The zero-order valence-electron chi connectivity index (χ0n) is 37.1. The van der Waals surface area contributed by atoms with Gasteiger partial charge in [0.2, 0.25) is 11.8 Å². The molecule has 0 bridgehead atoms. The normalized spacial score (nSPS) is 12.5. The molecule has 2 atom stereocenters. The molecule has 0 fully saturated rings. The average molecular weight is 807 g/mol. The number of hydrogen-bond acceptors (Lipinski definition) is 6. The van der Waals surface area contributed by atoms with E-state index in [-0.39, 0.29) is 30.9 Å². The highest BCUT2D eigenvalue weighted by Gasteiger charge is 2.19. The molecular weight excluding hydrogens is 717 g/mol. The summed E-state index contributed by atoms with van der Waals surface area (Å²) in [5, 5.41) is 22.6. The quantitative estimate of drug-likeness (QED) is 0.0273. The van der Waals surface area contributed by atoms with E-state index in [2.05, 4.69) is 36.6 Å². The predicted molar refractivity (Wildman–Crippen MR) is 236 cm³/mol. The number of aliphatic carboxylic acids is 1. The second-order valence-electron chi connectivity index (χ2n) is 16.6. The van der Waals surface area contributed by atoms with Gasteiger partial charge in [-0.15, -0.1) is 0 Å². The topological polar surface area (TPSA) is 142 Å². The first-order chi connectivity index (χ1) is 27.8. The summed E-state index contributed by atoms with van der Waals surface area (Å²) in [6.07, 6.45) is 47.0. The first kappa shape index (κ1) is 54.6.